The number of halogens is 1. The maximum atomic E-state index is 13.5. The second-order valence-electron chi connectivity index (χ2n) is 9.91. The van der Waals surface area contributed by atoms with Crippen LogP contribution in [-0.4, -0.2) is 10.4 Å². The highest BCUT2D eigenvalue weighted by Crippen LogP contribution is 2.55. The Morgan fingerprint density at radius 1 is 0.882 bits per heavy atom. The van der Waals surface area contributed by atoms with E-state index in [1.54, 1.807) is 0 Å². The molecule has 0 aliphatic heterocycles. The molecule has 0 saturated carbocycles. The molecule has 0 N–H and O–H groups in total. The van der Waals surface area contributed by atoms with E-state index in [1.807, 2.05) is 11.8 Å². The smallest absolute Gasteiger partial charge is 0.165 e. The molecule has 1 atom stereocenters. The predicted octanol–water partition coefficient (Wildman–Crippen LogP) is 8.97. The lowest BCUT2D eigenvalue weighted by Crippen LogP contribution is -2.31. The number of benzene rings is 3. The van der Waals surface area contributed by atoms with Crippen molar-refractivity contribution in [2.24, 2.45) is 5.41 Å². The third-order valence-electron chi connectivity index (χ3n) is 6.62. The summed E-state index contributed by atoms with van der Waals surface area (Å²) in [6, 6.07) is 27.8. The zero-order chi connectivity index (χ0) is 24.0. The second kappa shape index (κ2) is 8.90. The monoisotopic (exact) mass is 529 g/mol. The second-order valence-corrected chi connectivity index (χ2v) is 12.0. The van der Waals surface area contributed by atoms with Gasteiger partial charge in [-0.15, -0.1) is 11.8 Å². The van der Waals surface area contributed by atoms with Crippen molar-refractivity contribution in [1.29, 1.82) is 0 Å². The van der Waals surface area contributed by atoms with E-state index < -0.39 is 0 Å². The van der Waals surface area contributed by atoms with E-state index in [2.05, 4.69) is 127 Å². The minimum atomic E-state index is -0.183. The maximum Gasteiger partial charge on any atom is 0.165 e. The third-order valence-corrected chi connectivity index (χ3v) is 8.79. The molecule has 1 unspecified atom stereocenters. The van der Waals surface area contributed by atoms with Gasteiger partial charge >= 0.3 is 0 Å². The van der Waals surface area contributed by atoms with Gasteiger partial charge in [0, 0.05) is 32.7 Å². The maximum absolute atomic E-state index is 13.5. The number of aryl methyl sites for hydroxylation is 2. The summed E-state index contributed by atoms with van der Waals surface area (Å²) >= 11 is 5.43. The van der Waals surface area contributed by atoms with Crippen molar-refractivity contribution in [3.63, 3.8) is 0 Å². The van der Waals surface area contributed by atoms with Crippen molar-refractivity contribution in [2.75, 3.05) is 0 Å². The molecule has 0 saturated heterocycles. The van der Waals surface area contributed by atoms with Crippen LogP contribution in [0.15, 0.2) is 88.2 Å². The van der Waals surface area contributed by atoms with Crippen molar-refractivity contribution < 1.29 is 4.79 Å². The fourth-order valence-corrected chi connectivity index (χ4v) is 6.33. The molecule has 5 rings (SSSR count). The number of hydrogen-bond acceptors (Lipinski definition) is 2. The van der Waals surface area contributed by atoms with Crippen LogP contribution in [0.3, 0.4) is 0 Å². The molecule has 0 fully saturated rings. The number of hydrogen-bond donors (Lipinski definition) is 0. The Kier molecular flexibility index (Phi) is 6.07. The number of Topliss-reactive ketones (excluding diaryl/α,β-unsaturated/α-hetero) is 1. The van der Waals surface area contributed by atoms with E-state index in [4.69, 9.17) is 0 Å². The van der Waals surface area contributed by atoms with Gasteiger partial charge in [-0.3, -0.25) is 4.79 Å². The van der Waals surface area contributed by atoms with Crippen LogP contribution >= 0.6 is 27.7 Å². The van der Waals surface area contributed by atoms with Crippen molar-refractivity contribution >= 4 is 33.5 Å². The lowest BCUT2D eigenvalue weighted by molar-refractivity contribution is 0.0908. The zero-order valence-electron chi connectivity index (χ0n) is 19.9. The van der Waals surface area contributed by atoms with Gasteiger partial charge < -0.3 is 4.57 Å². The van der Waals surface area contributed by atoms with Crippen LogP contribution < -0.4 is 0 Å². The van der Waals surface area contributed by atoms with Gasteiger partial charge in [0.05, 0.1) is 10.9 Å². The van der Waals surface area contributed by atoms with Gasteiger partial charge in [0.25, 0.3) is 0 Å². The summed E-state index contributed by atoms with van der Waals surface area (Å²) in [6.07, 6.45) is 0.543. The molecule has 34 heavy (non-hydrogen) atoms. The van der Waals surface area contributed by atoms with Gasteiger partial charge in [0.2, 0.25) is 0 Å². The first-order chi connectivity index (χ1) is 16.2. The standard InChI is InChI=1S/C30H28BrNOS/c1-19-5-13-23(14-6-19)32-26(21-9-11-22(31)12-10-21)17-25-27(33)18-30(3,4)29(28(25)32)34-24-15-7-20(2)8-16-24/h5-17,29H,18H2,1-4H3. The molecular formula is C30H28BrNOS. The average molecular weight is 531 g/mol. The zero-order valence-corrected chi connectivity index (χ0v) is 22.3. The molecule has 4 aromatic rings. The largest absolute Gasteiger partial charge is 0.312 e. The minimum absolute atomic E-state index is 0.133. The molecule has 172 valence electrons. The molecule has 1 heterocycles. The number of thioether (sulfide) groups is 1. The molecule has 0 amide bonds. The number of carbonyl (C=O) groups is 1. The first kappa shape index (κ1) is 23.2. The summed E-state index contributed by atoms with van der Waals surface area (Å²) in [6.45, 7) is 8.67. The predicted molar refractivity (Wildman–Crippen MR) is 146 cm³/mol. The van der Waals surface area contributed by atoms with Crippen LogP contribution in [-0.2, 0) is 0 Å². The Morgan fingerprint density at radius 3 is 2.09 bits per heavy atom. The first-order valence-corrected chi connectivity index (χ1v) is 13.3. The van der Waals surface area contributed by atoms with E-state index in [0.717, 1.165) is 32.7 Å². The summed E-state index contributed by atoms with van der Waals surface area (Å²) in [5.41, 5.74) is 7.49. The number of carbonyl (C=O) groups excluding carboxylic acids is 1. The lowest BCUT2D eigenvalue weighted by Gasteiger charge is -2.38. The summed E-state index contributed by atoms with van der Waals surface area (Å²) < 4.78 is 3.36. The Morgan fingerprint density at radius 2 is 1.47 bits per heavy atom. The van der Waals surface area contributed by atoms with Gasteiger partial charge in [-0.25, -0.2) is 0 Å². The highest BCUT2D eigenvalue weighted by Gasteiger charge is 2.44. The normalized spacial score (nSPS) is 17.0. The number of nitrogens with zero attached hydrogens (tertiary/aromatic N) is 1. The Labute approximate surface area is 214 Å². The Balaban J connectivity index is 1.76. The van der Waals surface area contributed by atoms with Gasteiger partial charge in [0.15, 0.2) is 5.78 Å². The fraction of sp³-hybridized carbons (Fsp3) is 0.233. The van der Waals surface area contributed by atoms with Crippen LogP contribution in [0.2, 0.25) is 0 Å². The molecule has 2 nitrogen and oxygen atoms in total. The molecule has 0 spiro atoms. The highest BCUT2D eigenvalue weighted by atomic mass is 79.9. The van der Waals surface area contributed by atoms with Crippen LogP contribution in [0.1, 0.15) is 52.7 Å². The van der Waals surface area contributed by atoms with Gasteiger partial charge in [0.1, 0.15) is 0 Å². The number of aromatic nitrogens is 1. The Hall–Kier alpha value is -2.56. The van der Waals surface area contributed by atoms with E-state index >= 15 is 0 Å². The van der Waals surface area contributed by atoms with Crippen molar-refractivity contribution in [3.05, 3.63) is 106 Å². The van der Waals surface area contributed by atoms with Crippen LogP contribution in [0.5, 0.6) is 0 Å². The first-order valence-electron chi connectivity index (χ1n) is 11.6. The minimum Gasteiger partial charge on any atom is -0.312 e. The molecule has 1 aliphatic carbocycles. The van der Waals surface area contributed by atoms with Crippen molar-refractivity contribution in [1.82, 2.24) is 4.57 Å². The molecule has 1 aromatic heterocycles. The van der Waals surface area contributed by atoms with Crippen LogP contribution in [0.4, 0.5) is 0 Å². The van der Waals surface area contributed by atoms with E-state index in [-0.39, 0.29) is 16.4 Å². The van der Waals surface area contributed by atoms with Crippen molar-refractivity contribution in [3.8, 4) is 16.9 Å². The quantitative estimate of drug-likeness (QED) is 0.263. The SMILES string of the molecule is Cc1ccc(SC2c3c(cc(-c4ccc(Br)cc4)n3-c3ccc(C)cc3)C(=O)CC2(C)C)cc1. The average Bonchev–Trinajstić information content (AvgIpc) is 3.19. The summed E-state index contributed by atoms with van der Waals surface area (Å²) in [5.74, 6) is 0.227. The molecule has 1 aliphatic rings. The molecule has 3 aromatic carbocycles. The van der Waals surface area contributed by atoms with Crippen molar-refractivity contribution in [2.45, 2.75) is 44.3 Å². The molecular weight excluding hydrogens is 502 g/mol. The third kappa shape index (κ3) is 4.30. The topological polar surface area (TPSA) is 22.0 Å². The molecule has 4 heteroatoms. The molecule has 0 bridgehead atoms. The van der Waals surface area contributed by atoms with Crippen LogP contribution in [0, 0.1) is 19.3 Å². The van der Waals surface area contributed by atoms with Crippen LogP contribution in [0.25, 0.3) is 16.9 Å². The van der Waals surface area contributed by atoms with E-state index in [9.17, 15) is 4.79 Å². The fourth-order valence-electron chi connectivity index (χ4n) is 4.75. The van der Waals surface area contributed by atoms with Gasteiger partial charge in [-0.2, -0.15) is 0 Å². The summed E-state index contributed by atoms with van der Waals surface area (Å²) in [4.78, 5) is 14.7. The summed E-state index contributed by atoms with van der Waals surface area (Å²) in [5, 5.41) is 0.133. The molecule has 0 radical (unpaired) electrons. The van der Waals surface area contributed by atoms with E-state index in [0.29, 0.717) is 6.42 Å². The van der Waals surface area contributed by atoms with Gasteiger partial charge in [-0.05, 0) is 67.3 Å². The number of ketones is 1. The number of fused-ring (bicyclic) bond motifs is 1. The van der Waals surface area contributed by atoms with E-state index in [1.165, 1.54) is 16.0 Å². The summed E-state index contributed by atoms with van der Waals surface area (Å²) in [7, 11) is 0. The number of rotatable bonds is 4. The highest BCUT2D eigenvalue weighted by molar-refractivity contribution is 9.10. The lowest BCUT2D eigenvalue weighted by atomic mass is 9.75. The van der Waals surface area contributed by atoms with Gasteiger partial charge in [-0.1, -0.05) is 77.3 Å². The Bertz CT molecular complexity index is 1350.